The van der Waals surface area contributed by atoms with Gasteiger partial charge >= 0.3 is 11.8 Å². The predicted octanol–water partition coefficient (Wildman–Crippen LogP) is 4.73. The lowest BCUT2D eigenvalue weighted by atomic mass is 10.00. The van der Waals surface area contributed by atoms with E-state index in [0.717, 1.165) is 0 Å². The number of ketones is 1. The largest absolute Gasteiger partial charge is 0.515 e. The normalized spacial score (nSPS) is 11.3. The van der Waals surface area contributed by atoms with E-state index in [4.69, 9.17) is 9.47 Å². The molecular formula is C21H15NO6. The van der Waals surface area contributed by atoms with Crippen LogP contribution in [0, 0.1) is 10.1 Å². The number of rotatable bonds is 6. The van der Waals surface area contributed by atoms with Crippen LogP contribution in [-0.2, 0) is 4.74 Å². The van der Waals surface area contributed by atoms with Gasteiger partial charge in [0.25, 0.3) is 0 Å². The summed E-state index contributed by atoms with van der Waals surface area (Å²) in [4.78, 5) is 35.5. The lowest BCUT2D eigenvalue weighted by Crippen LogP contribution is -2.22. The molecule has 0 N–H and O–H groups in total. The van der Waals surface area contributed by atoms with E-state index in [9.17, 15) is 19.7 Å². The van der Waals surface area contributed by atoms with Crippen molar-refractivity contribution in [3.63, 3.8) is 0 Å². The number of nitrogens with zero attached hydrogens (tertiary/aromatic N) is 1. The van der Waals surface area contributed by atoms with Crippen LogP contribution < -0.4 is 4.74 Å². The summed E-state index contributed by atoms with van der Waals surface area (Å²) in [7, 11) is 0. The summed E-state index contributed by atoms with van der Waals surface area (Å²) in [6.07, 6.45) is -2.47. The molecule has 3 rings (SSSR count). The Labute approximate surface area is 160 Å². The van der Waals surface area contributed by atoms with Gasteiger partial charge in [-0.3, -0.25) is 14.9 Å². The van der Waals surface area contributed by atoms with Gasteiger partial charge in [0.05, 0.1) is 4.92 Å². The average Bonchev–Trinajstić information content (AvgIpc) is 2.73. The quantitative estimate of drug-likeness (QED) is 0.202. The zero-order chi connectivity index (χ0) is 19.9. The second-order valence-electron chi connectivity index (χ2n) is 5.72. The van der Waals surface area contributed by atoms with Crippen LogP contribution in [0.25, 0.3) is 0 Å². The molecule has 140 valence electrons. The van der Waals surface area contributed by atoms with Gasteiger partial charge in [-0.05, 0) is 6.07 Å². The first-order valence-corrected chi connectivity index (χ1v) is 8.32. The Morgan fingerprint density at radius 1 is 0.821 bits per heavy atom. The summed E-state index contributed by atoms with van der Waals surface area (Å²) < 4.78 is 10.2. The molecule has 7 heteroatoms. The van der Waals surface area contributed by atoms with Gasteiger partial charge in [0, 0.05) is 17.2 Å². The molecule has 0 saturated heterocycles. The summed E-state index contributed by atoms with van der Waals surface area (Å²) in [5.41, 5.74) is 0.427. The fraction of sp³-hybridized carbons (Fsp3) is 0.0476. The highest BCUT2D eigenvalue weighted by molar-refractivity contribution is 6.00. The number of carbonyl (C=O) groups excluding carboxylic acids is 2. The van der Waals surface area contributed by atoms with Crippen LogP contribution in [0.3, 0.4) is 0 Å². The lowest BCUT2D eigenvalue weighted by Gasteiger charge is -2.17. The fourth-order valence-electron chi connectivity index (χ4n) is 2.56. The maximum absolute atomic E-state index is 12.9. The minimum absolute atomic E-state index is 0.267. The molecule has 0 spiro atoms. The molecule has 0 aliphatic heterocycles. The molecule has 0 aromatic heterocycles. The van der Waals surface area contributed by atoms with E-state index in [0.29, 0.717) is 11.1 Å². The predicted molar refractivity (Wildman–Crippen MR) is 100 cm³/mol. The van der Waals surface area contributed by atoms with Crippen LogP contribution in [0.1, 0.15) is 22.0 Å². The number of nitro benzene ring substituents is 1. The molecule has 3 aromatic carbocycles. The van der Waals surface area contributed by atoms with Crippen LogP contribution >= 0.6 is 0 Å². The molecule has 1 unspecified atom stereocenters. The van der Waals surface area contributed by atoms with Gasteiger partial charge in [-0.2, -0.15) is 0 Å². The standard InChI is InChI=1S/C21H15NO6/c23-19(15-9-3-1-4-10-15)20(16-11-5-2-6-12-16)28-21(24)27-18-14-8-7-13-17(18)22(25)26/h1-14,20H. The third-order valence-corrected chi connectivity index (χ3v) is 3.87. The second kappa shape index (κ2) is 8.59. The minimum Gasteiger partial charge on any atom is -0.417 e. The van der Waals surface area contributed by atoms with E-state index in [2.05, 4.69) is 0 Å². The lowest BCUT2D eigenvalue weighted by molar-refractivity contribution is -0.385. The van der Waals surface area contributed by atoms with E-state index in [1.54, 1.807) is 60.7 Å². The molecule has 0 aliphatic carbocycles. The SMILES string of the molecule is O=C(Oc1ccccc1[N+](=O)[O-])OC(C(=O)c1ccccc1)c1ccccc1. The topological polar surface area (TPSA) is 95.7 Å². The smallest absolute Gasteiger partial charge is 0.417 e. The molecule has 1 atom stereocenters. The van der Waals surface area contributed by atoms with Crippen molar-refractivity contribution < 1.29 is 24.0 Å². The first-order chi connectivity index (χ1) is 13.6. The zero-order valence-corrected chi connectivity index (χ0v) is 14.6. The van der Waals surface area contributed by atoms with Gasteiger partial charge in [0.2, 0.25) is 11.5 Å². The Morgan fingerprint density at radius 3 is 2.04 bits per heavy atom. The Kier molecular flexibility index (Phi) is 5.76. The van der Waals surface area contributed by atoms with Crippen LogP contribution in [0.5, 0.6) is 5.75 Å². The van der Waals surface area contributed by atoms with Crippen LogP contribution in [-0.4, -0.2) is 16.9 Å². The Hall–Kier alpha value is -4.00. The molecule has 0 amide bonds. The van der Waals surface area contributed by atoms with E-state index in [1.165, 1.54) is 24.3 Å². The summed E-state index contributed by atoms with van der Waals surface area (Å²) in [5, 5.41) is 11.1. The van der Waals surface area contributed by atoms with Gasteiger partial charge in [-0.25, -0.2) is 4.79 Å². The Balaban J connectivity index is 1.85. The molecule has 0 aliphatic rings. The van der Waals surface area contributed by atoms with Gasteiger partial charge in [-0.15, -0.1) is 0 Å². The number of benzene rings is 3. The van der Waals surface area contributed by atoms with E-state index < -0.39 is 23.0 Å². The van der Waals surface area contributed by atoms with Crippen molar-refractivity contribution in [3.05, 3.63) is 106 Å². The molecule has 0 radical (unpaired) electrons. The van der Waals surface area contributed by atoms with Gasteiger partial charge in [0.15, 0.2) is 6.10 Å². The number of ether oxygens (including phenoxy) is 2. The molecule has 0 heterocycles. The van der Waals surface area contributed by atoms with Crippen LogP contribution in [0.15, 0.2) is 84.9 Å². The zero-order valence-electron chi connectivity index (χ0n) is 14.6. The van der Waals surface area contributed by atoms with Crippen molar-refractivity contribution in [3.8, 4) is 5.75 Å². The number of hydrogen-bond donors (Lipinski definition) is 0. The van der Waals surface area contributed by atoms with Crippen molar-refractivity contribution in [2.45, 2.75) is 6.10 Å². The van der Waals surface area contributed by atoms with Gasteiger partial charge in [-0.1, -0.05) is 72.8 Å². The third-order valence-electron chi connectivity index (χ3n) is 3.87. The van der Waals surface area contributed by atoms with E-state index in [1.807, 2.05) is 0 Å². The third kappa shape index (κ3) is 4.39. The molecule has 0 fully saturated rings. The highest BCUT2D eigenvalue weighted by Crippen LogP contribution is 2.28. The Morgan fingerprint density at radius 2 is 1.39 bits per heavy atom. The van der Waals surface area contributed by atoms with Crippen molar-refractivity contribution in [1.82, 2.24) is 0 Å². The number of hydrogen-bond acceptors (Lipinski definition) is 6. The number of carbonyl (C=O) groups is 2. The molecule has 0 saturated carbocycles. The van der Waals surface area contributed by atoms with E-state index >= 15 is 0 Å². The van der Waals surface area contributed by atoms with Crippen molar-refractivity contribution >= 4 is 17.6 Å². The summed E-state index contributed by atoms with van der Waals surface area (Å²) in [6, 6.07) is 22.2. The first-order valence-electron chi connectivity index (χ1n) is 8.32. The second-order valence-corrected chi connectivity index (χ2v) is 5.72. The van der Waals surface area contributed by atoms with Crippen molar-refractivity contribution in [2.75, 3.05) is 0 Å². The number of nitro groups is 1. The van der Waals surface area contributed by atoms with E-state index in [-0.39, 0.29) is 11.4 Å². The summed E-state index contributed by atoms with van der Waals surface area (Å²) in [5.74, 6) is -0.706. The fourth-order valence-corrected chi connectivity index (χ4v) is 2.56. The van der Waals surface area contributed by atoms with Gasteiger partial charge in [0.1, 0.15) is 0 Å². The summed E-state index contributed by atoms with van der Waals surface area (Å²) >= 11 is 0. The molecule has 28 heavy (non-hydrogen) atoms. The molecule has 7 nitrogen and oxygen atoms in total. The van der Waals surface area contributed by atoms with Crippen molar-refractivity contribution in [2.24, 2.45) is 0 Å². The Bertz CT molecular complexity index is 988. The maximum atomic E-state index is 12.9. The van der Waals surface area contributed by atoms with Gasteiger partial charge < -0.3 is 9.47 Å². The molecule has 3 aromatic rings. The van der Waals surface area contributed by atoms with Crippen LogP contribution in [0.4, 0.5) is 10.5 Å². The number of para-hydroxylation sites is 2. The highest BCUT2D eigenvalue weighted by Gasteiger charge is 2.28. The molecular weight excluding hydrogens is 362 g/mol. The monoisotopic (exact) mass is 377 g/mol. The number of Topliss-reactive ketones (excluding diaryl/α,β-unsaturated/α-hetero) is 1. The van der Waals surface area contributed by atoms with Crippen molar-refractivity contribution in [1.29, 1.82) is 0 Å². The first kappa shape index (κ1) is 18.8. The minimum atomic E-state index is -1.25. The van der Waals surface area contributed by atoms with Crippen LogP contribution in [0.2, 0.25) is 0 Å². The summed E-state index contributed by atoms with van der Waals surface area (Å²) in [6.45, 7) is 0. The molecule has 0 bridgehead atoms. The highest BCUT2D eigenvalue weighted by atomic mass is 16.7. The maximum Gasteiger partial charge on any atom is 0.515 e. The average molecular weight is 377 g/mol.